The van der Waals surface area contributed by atoms with Gasteiger partial charge in [0, 0.05) is 12.6 Å². The van der Waals surface area contributed by atoms with Crippen molar-refractivity contribution < 1.29 is 27.5 Å². The highest BCUT2D eigenvalue weighted by Crippen LogP contribution is 2.31. The van der Waals surface area contributed by atoms with Gasteiger partial charge in [-0.15, -0.1) is 0 Å². The SMILES string of the molecule is CCOC(=O)/C=C1/C[C@@H](C(=O)OC(C)(C)C)N(S(=O)(=O)c2ccc(C)cc2)C1. The Balaban J connectivity index is 2.39. The van der Waals surface area contributed by atoms with Gasteiger partial charge < -0.3 is 9.47 Å². The van der Waals surface area contributed by atoms with Gasteiger partial charge in [0.1, 0.15) is 11.6 Å². The molecule has 1 aromatic rings. The molecule has 1 heterocycles. The van der Waals surface area contributed by atoms with E-state index in [1.165, 1.54) is 18.2 Å². The van der Waals surface area contributed by atoms with Crippen molar-refractivity contribution >= 4 is 22.0 Å². The van der Waals surface area contributed by atoms with Gasteiger partial charge >= 0.3 is 11.9 Å². The maximum atomic E-state index is 13.2. The fourth-order valence-electron chi connectivity index (χ4n) is 2.85. The van der Waals surface area contributed by atoms with Crippen LogP contribution in [0.2, 0.25) is 0 Å². The standard InChI is InChI=1S/C20H27NO6S/c1-6-26-18(22)12-15-11-17(19(23)27-20(3,4)5)21(13-15)28(24,25)16-9-7-14(2)8-10-16/h7-10,12,17H,6,11,13H2,1-5H3/b15-12-/t17-/m0/s1. The highest BCUT2D eigenvalue weighted by molar-refractivity contribution is 7.89. The summed E-state index contributed by atoms with van der Waals surface area (Å²) >= 11 is 0. The van der Waals surface area contributed by atoms with Crippen LogP contribution in [0.4, 0.5) is 0 Å². The van der Waals surface area contributed by atoms with Crippen molar-refractivity contribution in [3.63, 3.8) is 0 Å². The normalized spacial score (nSPS) is 19.6. The first kappa shape index (κ1) is 22.1. The average Bonchev–Trinajstić information content (AvgIpc) is 2.98. The van der Waals surface area contributed by atoms with Crippen LogP contribution in [-0.2, 0) is 29.1 Å². The molecule has 0 saturated carbocycles. The summed E-state index contributed by atoms with van der Waals surface area (Å²) in [5, 5.41) is 0. The van der Waals surface area contributed by atoms with E-state index in [0.29, 0.717) is 5.57 Å². The highest BCUT2D eigenvalue weighted by Gasteiger charge is 2.43. The number of carbonyl (C=O) groups excluding carboxylic acids is 2. The van der Waals surface area contributed by atoms with Crippen molar-refractivity contribution in [3.05, 3.63) is 41.5 Å². The molecule has 1 fully saturated rings. The predicted molar refractivity (Wildman–Crippen MR) is 104 cm³/mol. The maximum Gasteiger partial charge on any atom is 0.330 e. The van der Waals surface area contributed by atoms with Crippen LogP contribution in [0.5, 0.6) is 0 Å². The summed E-state index contributed by atoms with van der Waals surface area (Å²) in [6, 6.07) is 5.36. The molecule has 1 atom stereocenters. The number of benzene rings is 1. The van der Waals surface area contributed by atoms with Gasteiger partial charge in [0.15, 0.2) is 0 Å². The molecule has 0 bridgehead atoms. The molecule has 154 valence electrons. The fraction of sp³-hybridized carbons (Fsp3) is 0.500. The first-order valence-electron chi connectivity index (χ1n) is 9.11. The van der Waals surface area contributed by atoms with Gasteiger partial charge in [0.05, 0.1) is 11.5 Å². The van der Waals surface area contributed by atoms with E-state index in [1.54, 1.807) is 39.8 Å². The lowest BCUT2D eigenvalue weighted by atomic mass is 10.1. The second kappa shape index (κ2) is 8.45. The minimum atomic E-state index is -3.95. The Morgan fingerprint density at radius 3 is 2.36 bits per heavy atom. The van der Waals surface area contributed by atoms with Gasteiger partial charge in [-0.3, -0.25) is 4.79 Å². The van der Waals surface area contributed by atoms with Crippen molar-refractivity contribution in [1.29, 1.82) is 0 Å². The van der Waals surface area contributed by atoms with Crippen LogP contribution in [-0.4, -0.2) is 49.5 Å². The predicted octanol–water partition coefficient (Wildman–Crippen LogP) is 2.59. The van der Waals surface area contributed by atoms with Crippen molar-refractivity contribution in [2.24, 2.45) is 0 Å². The van der Waals surface area contributed by atoms with Gasteiger partial charge in [-0.2, -0.15) is 4.31 Å². The maximum absolute atomic E-state index is 13.2. The van der Waals surface area contributed by atoms with E-state index in [-0.39, 0.29) is 24.5 Å². The summed E-state index contributed by atoms with van der Waals surface area (Å²) in [5.74, 6) is -1.20. The monoisotopic (exact) mass is 409 g/mol. The molecule has 7 nitrogen and oxygen atoms in total. The zero-order chi connectivity index (χ0) is 21.1. The lowest BCUT2D eigenvalue weighted by Crippen LogP contribution is -2.43. The van der Waals surface area contributed by atoms with E-state index in [9.17, 15) is 18.0 Å². The topological polar surface area (TPSA) is 90.0 Å². The summed E-state index contributed by atoms with van der Waals surface area (Å²) in [5.41, 5.74) is 0.668. The fourth-order valence-corrected chi connectivity index (χ4v) is 4.43. The number of ether oxygens (including phenoxy) is 2. The van der Waals surface area contributed by atoms with Crippen LogP contribution in [0.1, 0.15) is 39.7 Å². The van der Waals surface area contributed by atoms with E-state index >= 15 is 0 Å². The average molecular weight is 410 g/mol. The quantitative estimate of drug-likeness (QED) is 0.548. The minimum Gasteiger partial charge on any atom is -0.463 e. The van der Waals surface area contributed by atoms with Gasteiger partial charge in [0.25, 0.3) is 0 Å². The minimum absolute atomic E-state index is 0.0705. The third-order valence-electron chi connectivity index (χ3n) is 4.08. The number of carbonyl (C=O) groups is 2. The second-order valence-electron chi connectivity index (χ2n) is 7.67. The Morgan fingerprint density at radius 1 is 1.21 bits per heavy atom. The van der Waals surface area contributed by atoms with Crippen molar-refractivity contribution in [1.82, 2.24) is 4.31 Å². The van der Waals surface area contributed by atoms with Crippen LogP contribution in [0.15, 0.2) is 40.8 Å². The van der Waals surface area contributed by atoms with Crippen LogP contribution < -0.4 is 0 Å². The zero-order valence-electron chi connectivity index (χ0n) is 16.9. The molecule has 2 rings (SSSR count). The molecule has 0 spiro atoms. The third kappa shape index (κ3) is 5.42. The van der Waals surface area contributed by atoms with Gasteiger partial charge in [-0.25, -0.2) is 13.2 Å². The highest BCUT2D eigenvalue weighted by atomic mass is 32.2. The van der Waals surface area contributed by atoms with Crippen LogP contribution in [0.25, 0.3) is 0 Å². The van der Waals surface area contributed by atoms with Crippen LogP contribution >= 0.6 is 0 Å². The Kier molecular flexibility index (Phi) is 6.67. The third-order valence-corrected chi connectivity index (χ3v) is 5.95. The Bertz CT molecular complexity index is 865. The van der Waals surface area contributed by atoms with Crippen molar-refractivity contribution in [2.45, 2.75) is 57.6 Å². The van der Waals surface area contributed by atoms with Crippen molar-refractivity contribution in [3.8, 4) is 0 Å². The molecule has 0 radical (unpaired) electrons. The number of aryl methyl sites for hydroxylation is 1. The van der Waals surface area contributed by atoms with E-state index in [1.807, 2.05) is 6.92 Å². The Hall–Kier alpha value is -2.19. The van der Waals surface area contributed by atoms with E-state index in [0.717, 1.165) is 9.87 Å². The molecule has 0 unspecified atom stereocenters. The number of nitrogens with zero attached hydrogens (tertiary/aromatic N) is 1. The molecule has 1 aliphatic heterocycles. The Labute approximate surface area is 166 Å². The molecule has 1 aliphatic rings. The molecule has 1 saturated heterocycles. The van der Waals surface area contributed by atoms with E-state index in [2.05, 4.69) is 0 Å². The van der Waals surface area contributed by atoms with Crippen molar-refractivity contribution in [2.75, 3.05) is 13.2 Å². The van der Waals surface area contributed by atoms with E-state index < -0.39 is 33.6 Å². The first-order chi connectivity index (χ1) is 12.9. The molecule has 0 N–H and O–H groups in total. The smallest absolute Gasteiger partial charge is 0.330 e. The van der Waals surface area contributed by atoms with Crippen LogP contribution in [0.3, 0.4) is 0 Å². The van der Waals surface area contributed by atoms with Gasteiger partial charge in [-0.05, 0) is 58.7 Å². The molecule has 8 heteroatoms. The van der Waals surface area contributed by atoms with Gasteiger partial charge in [0.2, 0.25) is 10.0 Å². The number of rotatable bonds is 5. The lowest BCUT2D eigenvalue weighted by Gasteiger charge is -2.26. The number of hydrogen-bond donors (Lipinski definition) is 0. The van der Waals surface area contributed by atoms with E-state index in [4.69, 9.17) is 9.47 Å². The molecule has 0 aliphatic carbocycles. The lowest BCUT2D eigenvalue weighted by molar-refractivity contribution is -0.158. The van der Waals surface area contributed by atoms with Crippen LogP contribution in [0, 0.1) is 6.92 Å². The summed E-state index contributed by atoms with van der Waals surface area (Å²) in [4.78, 5) is 24.6. The largest absolute Gasteiger partial charge is 0.463 e. The molecule has 0 amide bonds. The summed E-state index contributed by atoms with van der Waals surface area (Å²) in [6.45, 7) is 8.83. The summed E-state index contributed by atoms with van der Waals surface area (Å²) in [6.07, 6.45) is 1.34. The summed E-state index contributed by atoms with van der Waals surface area (Å²) in [7, 11) is -3.95. The van der Waals surface area contributed by atoms with Gasteiger partial charge in [-0.1, -0.05) is 17.7 Å². The number of sulfonamides is 1. The second-order valence-corrected chi connectivity index (χ2v) is 9.56. The molecule has 0 aromatic heterocycles. The number of hydrogen-bond acceptors (Lipinski definition) is 6. The molecular weight excluding hydrogens is 382 g/mol. The zero-order valence-corrected chi connectivity index (χ0v) is 17.7. The Morgan fingerprint density at radius 2 is 1.82 bits per heavy atom. The molecule has 1 aromatic carbocycles. The molecule has 28 heavy (non-hydrogen) atoms. The molecular formula is C20H27NO6S. The summed E-state index contributed by atoms with van der Waals surface area (Å²) < 4.78 is 37.7. The first-order valence-corrected chi connectivity index (χ1v) is 10.6. The number of esters is 2.